The molecule has 0 unspecified atom stereocenters. The van der Waals surface area contributed by atoms with Crippen molar-refractivity contribution in [1.82, 2.24) is 0 Å². The molecule has 1 N–H and O–H groups in total. The number of nitro groups is 1. The number of nitro benzene ring substituents is 1. The van der Waals surface area contributed by atoms with E-state index in [-0.39, 0.29) is 16.5 Å². The lowest BCUT2D eigenvalue weighted by molar-refractivity contribution is -0.384. The largest absolute Gasteiger partial charge is 0.465 e. The fourth-order valence-electron chi connectivity index (χ4n) is 2.51. The minimum Gasteiger partial charge on any atom is -0.465 e. The monoisotopic (exact) mass is 402 g/mol. The van der Waals surface area contributed by atoms with Crippen LogP contribution in [0.1, 0.15) is 16.6 Å². The molecule has 3 aromatic rings. The number of esters is 1. The zero-order valence-electron chi connectivity index (χ0n) is 14.3. The van der Waals surface area contributed by atoms with Crippen LogP contribution in [0.3, 0.4) is 0 Å². The van der Waals surface area contributed by atoms with Gasteiger partial charge in [-0.3, -0.25) is 14.9 Å². The summed E-state index contributed by atoms with van der Waals surface area (Å²) >= 11 is 2.37. The number of anilines is 1. The lowest BCUT2D eigenvalue weighted by Crippen LogP contribution is -2.10. The van der Waals surface area contributed by atoms with Gasteiger partial charge in [0, 0.05) is 38.9 Å². The van der Waals surface area contributed by atoms with Crippen molar-refractivity contribution in [3.8, 4) is 0 Å². The fraction of sp³-hybridized carbons (Fsp3) is 0.111. The molecule has 0 bridgehead atoms. The molecule has 27 heavy (non-hydrogen) atoms. The number of ether oxygens (including phenoxy) is 1. The maximum absolute atomic E-state index is 12.2. The highest BCUT2D eigenvalue weighted by atomic mass is 32.2. The van der Waals surface area contributed by atoms with Gasteiger partial charge in [0.1, 0.15) is 4.88 Å². The lowest BCUT2D eigenvalue weighted by atomic mass is 10.2. The Kier molecular flexibility index (Phi) is 5.43. The van der Waals surface area contributed by atoms with Crippen LogP contribution in [0.4, 0.5) is 11.4 Å². The molecule has 3 rings (SSSR count). The summed E-state index contributed by atoms with van der Waals surface area (Å²) in [6, 6.07) is 12.2. The van der Waals surface area contributed by atoms with E-state index in [2.05, 4.69) is 5.32 Å². The predicted molar refractivity (Wildman–Crippen MR) is 105 cm³/mol. The third-order valence-electron chi connectivity index (χ3n) is 3.59. The first-order valence-electron chi connectivity index (χ1n) is 7.74. The molecule has 0 aliphatic heterocycles. The zero-order valence-corrected chi connectivity index (χ0v) is 16.0. The van der Waals surface area contributed by atoms with Gasteiger partial charge in [-0.25, -0.2) is 4.79 Å². The molecule has 1 amide bonds. The summed E-state index contributed by atoms with van der Waals surface area (Å²) < 4.78 is 5.32. The molecule has 138 valence electrons. The highest BCUT2D eigenvalue weighted by Gasteiger charge is 2.25. The number of fused-ring (bicyclic) bond motifs is 1. The van der Waals surface area contributed by atoms with Gasteiger partial charge in [0.25, 0.3) is 5.69 Å². The number of rotatable bonds is 5. The zero-order chi connectivity index (χ0) is 19.6. The molecule has 9 heteroatoms. The maximum Gasteiger partial charge on any atom is 0.350 e. The number of nitrogens with one attached hydrogen (secondary N) is 1. The van der Waals surface area contributed by atoms with E-state index in [1.165, 1.54) is 37.9 Å². The summed E-state index contributed by atoms with van der Waals surface area (Å²) in [5, 5.41) is 14.6. The summed E-state index contributed by atoms with van der Waals surface area (Å²) in [6.07, 6.45) is 0. The highest BCUT2D eigenvalue weighted by Crippen LogP contribution is 2.45. The Balaban J connectivity index is 2.29. The van der Waals surface area contributed by atoms with Gasteiger partial charge in [0.05, 0.1) is 17.7 Å². The quantitative estimate of drug-likeness (QED) is 0.377. The molecule has 1 heterocycles. The molecular weight excluding hydrogens is 388 g/mol. The molecule has 0 saturated heterocycles. The number of thiophene rings is 1. The number of hydrogen-bond donors (Lipinski definition) is 1. The van der Waals surface area contributed by atoms with Crippen molar-refractivity contribution in [2.24, 2.45) is 0 Å². The number of nitrogens with zero attached hydrogens (tertiary/aromatic N) is 1. The van der Waals surface area contributed by atoms with Gasteiger partial charge in [-0.2, -0.15) is 0 Å². The van der Waals surface area contributed by atoms with Crippen LogP contribution in [0.25, 0.3) is 10.1 Å². The number of amides is 1. The predicted octanol–water partition coefficient (Wildman–Crippen LogP) is 4.71. The Morgan fingerprint density at radius 1 is 1.22 bits per heavy atom. The molecule has 0 saturated carbocycles. The molecule has 0 fully saturated rings. The number of hydrogen-bond acceptors (Lipinski definition) is 7. The van der Waals surface area contributed by atoms with E-state index in [1.807, 2.05) is 30.3 Å². The van der Waals surface area contributed by atoms with Gasteiger partial charge >= 0.3 is 5.97 Å². The van der Waals surface area contributed by atoms with Crippen molar-refractivity contribution in [2.75, 3.05) is 12.4 Å². The number of carbonyl (C=O) groups excluding carboxylic acids is 2. The number of non-ortho nitro benzene ring substituents is 1. The van der Waals surface area contributed by atoms with Crippen LogP contribution in [0.15, 0.2) is 52.3 Å². The average molecular weight is 402 g/mol. The summed E-state index contributed by atoms with van der Waals surface area (Å²) in [5.74, 6) is -0.966. The minimum atomic E-state index is -0.613. The Hall–Kier alpha value is -2.91. The topological polar surface area (TPSA) is 98.5 Å². The maximum atomic E-state index is 12.2. The first-order chi connectivity index (χ1) is 12.9. The Morgan fingerprint density at radius 2 is 1.93 bits per heavy atom. The van der Waals surface area contributed by atoms with Gasteiger partial charge in [-0.05, 0) is 12.1 Å². The van der Waals surface area contributed by atoms with Crippen LogP contribution in [0.5, 0.6) is 0 Å². The van der Waals surface area contributed by atoms with Crippen molar-refractivity contribution >= 4 is 56.4 Å². The number of carbonyl (C=O) groups is 2. The molecule has 2 aromatic carbocycles. The van der Waals surface area contributed by atoms with E-state index >= 15 is 0 Å². The van der Waals surface area contributed by atoms with Crippen molar-refractivity contribution < 1.29 is 19.2 Å². The lowest BCUT2D eigenvalue weighted by Gasteiger charge is -2.08. The van der Waals surface area contributed by atoms with Crippen molar-refractivity contribution in [1.29, 1.82) is 0 Å². The summed E-state index contributed by atoms with van der Waals surface area (Å²) in [4.78, 5) is 36.4. The molecule has 0 aliphatic rings. The van der Waals surface area contributed by atoms with Crippen molar-refractivity contribution in [3.05, 3.63) is 57.5 Å². The Bertz CT molecular complexity index is 1050. The first kappa shape index (κ1) is 18.9. The number of methoxy groups -OCH3 is 1. The fourth-order valence-corrected chi connectivity index (χ4v) is 4.75. The second kappa shape index (κ2) is 7.77. The van der Waals surface area contributed by atoms with Gasteiger partial charge in [-0.1, -0.05) is 30.0 Å². The molecular formula is C18H14N2O5S2. The molecule has 7 nitrogen and oxygen atoms in total. The summed E-state index contributed by atoms with van der Waals surface area (Å²) in [6.45, 7) is 1.33. The molecule has 1 aromatic heterocycles. The average Bonchev–Trinajstić information content (AvgIpc) is 3.00. The standard InChI is InChI=1S/C18H14N2O5S2/c1-10(21)19-16-15-13(26-12-6-4-3-5-7-12)8-11(20(23)24)9-14(15)27-17(16)18(22)25-2/h3-9H,1-2H3,(H,19,21). The first-order valence-corrected chi connectivity index (χ1v) is 9.37. The Morgan fingerprint density at radius 3 is 2.52 bits per heavy atom. The van der Waals surface area contributed by atoms with Crippen LogP contribution in [-0.2, 0) is 9.53 Å². The molecule has 0 aliphatic carbocycles. The van der Waals surface area contributed by atoms with Crippen LogP contribution < -0.4 is 5.32 Å². The van der Waals surface area contributed by atoms with Gasteiger partial charge in [0.15, 0.2) is 0 Å². The second-order valence-electron chi connectivity index (χ2n) is 5.47. The third kappa shape index (κ3) is 3.93. The van der Waals surface area contributed by atoms with Gasteiger partial charge in [-0.15, -0.1) is 11.3 Å². The van der Waals surface area contributed by atoms with E-state index in [0.29, 0.717) is 20.7 Å². The van der Waals surface area contributed by atoms with Gasteiger partial charge in [0.2, 0.25) is 5.91 Å². The molecule has 0 spiro atoms. The van der Waals surface area contributed by atoms with Crippen LogP contribution in [0.2, 0.25) is 0 Å². The SMILES string of the molecule is COC(=O)c1sc2cc([N+](=O)[O-])cc(Sc3ccccc3)c2c1NC(C)=O. The van der Waals surface area contributed by atoms with E-state index in [4.69, 9.17) is 4.74 Å². The normalized spacial score (nSPS) is 10.6. The number of benzene rings is 2. The molecule has 0 atom stereocenters. The van der Waals surface area contributed by atoms with Crippen LogP contribution in [-0.4, -0.2) is 23.9 Å². The van der Waals surface area contributed by atoms with Crippen molar-refractivity contribution in [2.45, 2.75) is 16.7 Å². The highest BCUT2D eigenvalue weighted by molar-refractivity contribution is 7.99. The van der Waals surface area contributed by atoms with Crippen LogP contribution in [0, 0.1) is 10.1 Å². The van der Waals surface area contributed by atoms with E-state index in [1.54, 1.807) is 0 Å². The molecule has 0 radical (unpaired) electrons. The smallest absolute Gasteiger partial charge is 0.350 e. The minimum absolute atomic E-state index is 0.0898. The summed E-state index contributed by atoms with van der Waals surface area (Å²) in [5.41, 5.74) is 0.218. The van der Waals surface area contributed by atoms with E-state index in [0.717, 1.165) is 16.2 Å². The van der Waals surface area contributed by atoms with E-state index in [9.17, 15) is 19.7 Å². The van der Waals surface area contributed by atoms with Crippen LogP contribution >= 0.6 is 23.1 Å². The van der Waals surface area contributed by atoms with E-state index < -0.39 is 10.9 Å². The van der Waals surface area contributed by atoms with Gasteiger partial charge < -0.3 is 10.1 Å². The Labute approximate surface area is 162 Å². The summed E-state index contributed by atoms with van der Waals surface area (Å²) in [7, 11) is 1.24. The third-order valence-corrected chi connectivity index (χ3v) is 5.76. The van der Waals surface area contributed by atoms with Crippen molar-refractivity contribution in [3.63, 3.8) is 0 Å². The second-order valence-corrected chi connectivity index (χ2v) is 7.64.